The minimum atomic E-state index is -0.351. The molecule has 2 aromatic rings. The molecule has 28 heavy (non-hydrogen) atoms. The van der Waals surface area contributed by atoms with Crippen LogP contribution in [0.25, 0.3) is 0 Å². The number of carbonyl (C=O) groups is 1. The number of anilines is 2. The minimum Gasteiger partial charge on any atom is -0.363 e. The highest BCUT2D eigenvalue weighted by Crippen LogP contribution is 2.23. The van der Waals surface area contributed by atoms with Crippen molar-refractivity contribution in [2.75, 3.05) is 24.3 Å². The Hall–Kier alpha value is -2.70. The van der Waals surface area contributed by atoms with Gasteiger partial charge in [0.15, 0.2) is 0 Å². The number of hydrogen-bond acceptors (Lipinski definition) is 5. The molecule has 1 amide bonds. The van der Waals surface area contributed by atoms with Crippen LogP contribution in [-0.2, 0) is 0 Å². The molecule has 0 unspecified atom stereocenters. The number of aryl methyl sites for hydroxylation is 2. The van der Waals surface area contributed by atoms with Crippen molar-refractivity contribution in [2.45, 2.75) is 51.6 Å². The Morgan fingerprint density at radius 3 is 2.39 bits per heavy atom. The molecule has 150 valence electrons. The molecule has 1 aromatic heterocycles. The number of hydrogen-bond donors (Lipinski definition) is 2. The maximum Gasteiger partial charge on any atom is 0.251 e. The fourth-order valence-electron chi connectivity index (χ4n) is 3.41. The predicted octanol–water partition coefficient (Wildman–Crippen LogP) is 3.45. The van der Waals surface area contributed by atoms with Crippen LogP contribution in [0.2, 0.25) is 0 Å². The van der Waals surface area contributed by atoms with Gasteiger partial charge in [-0.05, 0) is 57.2 Å². The summed E-state index contributed by atoms with van der Waals surface area (Å²) < 4.78 is 13.7. The molecule has 0 aliphatic heterocycles. The Balaban J connectivity index is 1.53. The van der Waals surface area contributed by atoms with Crippen molar-refractivity contribution >= 4 is 17.7 Å². The summed E-state index contributed by atoms with van der Waals surface area (Å²) in [5.74, 6) is 0.955. The fraction of sp³-hybridized carbons (Fsp3) is 0.476. The van der Waals surface area contributed by atoms with Crippen LogP contribution in [0, 0.1) is 19.7 Å². The molecule has 1 aliphatic rings. The molecule has 0 spiro atoms. The van der Waals surface area contributed by atoms with Crippen LogP contribution in [0.4, 0.5) is 16.2 Å². The van der Waals surface area contributed by atoms with E-state index in [4.69, 9.17) is 0 Å². The summed E-state index contributed by atoms with van der Waals surface area (Å²) in [6.45, 7) is 3.64. The lowest BCUT2D eigenvalue weighted by Crippen LogP contribution is -2.40. The highest BCUT2D eigenvalue weighted by molar-refractivity contribution is 5.94. The first-order valence-electron chi connectivity index (χ1n) is 9.68. The summed E-state index contributed by atoms with van der Waals surface area (Å²) in [6, 6.07) is 6.93. The van der Waals surface area contributed by atoms with Crippen molar-refractivity contribution < 1.29 is 9.18 Å². The monoisotopic (exact) mass is 385 g/mol. The molecule has 2 N–H and O–H groups in total. The Morgan fingerprint density at radius 2 is 1.75 bits per heavy atom. The number of aromatic nitrogens is 2. The zero-order valence-corrected chi connectivity index (χ0v) is 16.9. The Labute approximate surface area is 165 Å². The quantitative estimate of drug-likeness (QED) is 0.825. The molecule has 0 bridgehead atoms. The third kappa shape index (κ3) is 4.97. The van der Waals surface area contributed by atoms with Crippen LogP contribution in [0.5, 0.6) is 0 Å². The SMILES string of the molecule is Cc1cc(N(C)C)nc(NC2CCC(NC(=O)c3ccc(C)c(F)c3)CC2)n1. The topological polar surface area (TPSA) is 70.2 Å². The van der Waals surface area contributed by atoms with Crippen LogP contribution >= 0.6 is 0 Å². The van der Waals surface area contributed by atoms with E-state index in [1.807, 2.05) is 32.0 Å². The predicted molar refractivity (Wildman–Crippen MR) is 109 cm³/mol. The third-order valence-corrected chi connectivity index (χ3v) is 5.13. The normalized spacial score (nSPS) is 19.2. The zero-order valence-electron chi connectivity index (χ0n) is 16.9. The molecule has 1 heterocycles. The van der Waals surface area contributed by atoms with Crippen molar-refractivity contribution in [3.05, 3.63) is 46.9 Å². The third-order valence-electron chi connectivity index (χ3n) is 5.13. The molecule has 1 aliphatic carbocycles. The van der Waals surface area contributed by atoms with Gasteiger partial charge in [-0.1, -0.05) is 6.07 Å². The fourth-order valence-corrected chi connectivity index (χ4v) is 3.41. The molecule has 7 heteroatoms. The van der Waals surface area contributed by atoms with Gasteiger partial charge in [0, 0.05) is 43.5 Å². The second-order valence-electron chi connectivity index (χ2n) is 7.72. The lowest BCUT2D eigenvalue weighted by atomic mass is 9.91. The highest BCUT2D eigenvalue weighted by Gasteiger charge is 2.23. The van der Waals surface area contributed by atoms with Gasteiger partial charge in [0.2, 0.25) is 5.95 Å². The molecule has 1 saturated carbocycles. The van der Waals surface area contributed by atoms with Crippen LogP contribution < -0.4 is 15.5 Å². The van der Waals surface area contributed by atoms with Crippen molar-refractivity contribution in [2.24, 2.45) is 0 Å². The van der Waals surface area contributed by atoms with E-state index >= 15 is 0 Å². The van der Waals surface area contributed by atoms with Gasteiger partial charge in [0.1, 0.15) is 11.6 Å². The molecular weight excluding hydrogens is 357 g/mol. The summed E-state index contributed by atoms with van der Waals surface area (Å²) in [6.07, 6.45) is 3.57. The van der Waals surface area contributed by atoms with Gasteiger partial charge in [-0.2, -0.15) is 4.98 Å². The van der Waals surface area contributed by atoms with Gasteiger partial charge in [0.05, 0.1) is 0 Å². The number of halogens is 1. The Kier molecular flexibility index (Phi) is 6.11. The van der Waals surface area contributed by atoms with Crippen molar-refractivity contribution in [1.29, 1.82) is 0 Å². The number of rotatable bonds is 5. The van der Waals surface area contributed by atoms with Crippen molar-refractivity contribution in [3.63, 3.8) is 0 Å². The van der Waals surface area contributed by atoms with E-state index in [9.17, 15) is 9.18 Å². The number of amides is 1. The second kappa shape index (κ2) is 8.54. The van der Waals surface area contributed by atoms with Crippen LogP contribution in [0.1, 0.15) is 47.3 Å². The molecule has 3 rings (SSSR count). The van der Waals surface area contributed by atoms with Gasteiger partial charge in [-0.15, -0.1) is 0 Å². The highest BCUT2D eigenvalue weighted by atomic mass is 19.1. The van der Waals surface area contributed by atoms with E-state index < -0.39 is 0 Å². The summed E-state index contributed by atoms with van der Waals surface area (Å²) >= 11 is 0. The molecule has 0 atom stereocenters. The summed E-state index contributed by atoms with van der Waals surface area (Å²) in [7, 11) is 3.92. The molecule has 0 radical (unpaired) electrons. The Morgan fingerprint density at radius 1 is 1.07 bits per heavy atom. The zero-order chi connectivity index (χ0) is 20.3. The van der Waals surface area contributed by atoms with E-state index in [0.29, 0.717) is 17.1 Å². The Bertz CT molecular complexity index is 847. The average molecular weight is 385 g/mol. The number of nitrogens with zero attached hydrogens (tertiary/aromatic N) is 3. The maximum atomic E-state index is 13.7. The van der Waals surface area contributed by atoms with E-state index in [1.54, 1.807) is 19.1 Å². The lowest BCUT2D eigenvalue weighted by Gasteiger charge is -2.30. The standard InChI is InChI=1S/C21H28FN5O/c1-13-5-6-15(12-18(13)22)20(28)24-16-7-9-17(10-8-16)25-21-23-14(2)11-19(26-21)27(3)4/h5-6,11-12,16-17H,7-10H2,1-4H3,(H,24,28)(H,23,25,26). The molecule has 0 saturated heterocycles. The van der Waals surface area contributed by atoms with Gasteiger partial charge < -0.3 is 15.5 Å². The summed E-state index contributed by atoms with van der Waals surface area (Å²) in [5.41, 5.74) is 1.83. The lowest BCUT2D eigenvalue weighted by molar-refractivity contribution is 0.0926. The van der Waals surface area contributed by atoms with E-state index in [1.165, 1.54) is 6.07 Å². The number of benzene rings is 1. The van der Waals surface area contributed by atoms with E-state index in [2.05, 4.69) is 20.6 Å². The average Bonchev–Trinajstić information content (AvgIpc) is 2.65. The second-order valence-corrected chi connectivity index (χ2v) is 7.72. The first-order valence-corrected chi connectivity index (χ1v) is 9.68. The maximum absolute atomic E-state index is 13.7. The van der Waals surface area contributed by atoms with Gasteiger partial charge >= 0.3 is 0 Å². The van der Waals surface area contributed by atoms with E-state index in [-0.39, 0.29) is 23.8 Å². The first kappa shape index (κ1) is 20.0. The largest absolute Gasteiger partial charge is 0.363 e. The van der Waals surface area contributed by atoms with Crippen LogP contribution in [0.3, 0.4) is 0 Å². The molecule has 1 fully saturated rings. The smallest absolute Gasteiger partial charge is 0.251 e. The molecule has 6 nitrogen and oxygen atoms in total. The van der Waals surface area contributed by atoms with E-state index in [0.717, 1.165) is 37.2 Å². The van der Waals surface area contributed by atoms with Gasteiger partial charge in [0.25, 0.3) is 5.91 Å². The van der Waals surface area contributed by atoms with Crippen LogP contribution in [0.15, 0.2) is 24.3 Å². The van der Waals surface area contributed by atoms with Crippen LogP contribution in [-0.4, -0.2) is 42.1 Å². The van der Waals surface area contributed by atoms with Gasteiger partial charge in [-0.25, -0.2) is 9.37 Å². The number of carbonyl (C=O) groups excluding carboxylic acids is 1. The minimum absolute atomic E-state index is 0.102. The van der Waals surface area contributed by atoms with Crippen molar-refractivity contribution in [1.82, 2.24) is 15.3 Å². The summed E-state index contributed by atoms with van der Waals surface area (Å²) in [4.78, 5) is 23.4. The molecule has 1 aromatic carbocycles. The van der Waals surface area contributed by atoms with Gasteiger partial charge in [-0.3, -0.25) is 4.79 Å². The molecular formula is C21H28FN5O. The van der Waals surface area contributed by atoms with Crippen molar-refractivity contribution in [3.8, 4) is 0 Å². The summed E-state index contributed by atoms with van der Waals surface area (Å²) in [5, 5.41) is 6.45. The number of nitrogens with one attached hydrogen (secondary N) is 2. The first-order chi connectivity index (χ1) is 13.3.